The number of ether oxygens (including phenoxy) is 1. The first-order valence-electron chi connectivity index (χ1n) is 12.1. The third-order valence-electron chi connectivity index (χ3n) is 6.01. The molecule has 3 rings (SSSR count). The van der Waals surface area contributed by atoms with Crippen LogP contribution in [0, 0.1) is 0 Å². The molecule has 2 aliphatic rings. The molecule has 0 unspecified atom stereocenters. The highest BCUT2D eigenvalue weighted by Gasteiger charge is 2.38. The van der Waals surface area contributed by atoms with Crippen molar-refractivity contribution in [3.63, 3.8) is 0 Å². The number of alkyl halides is 3. The molecule has 1 aromatic carbocycles. The molecular weight excluding hydrogens is 569 g/mol. The van der Waals surface area contributed by atoms with E-state index in [1.165, 1.54) is 27.9 Å². The Balaban J connectivity index is 0.000000673. The molecule has 0 saturated carbocycles. The van der Waals surface area contributed by atoms with Crippen molar-refractivity contribution in [1.82, 2.24) is 18.8 Å². The van der Waals surface area contributed by atoms with E-state index < -0.39 is 32.2 Å². The van der Waals surface area contributed by atoms with E-state index in [2.05, 4.69) is 5.32 Å². The van der Waals surface area contributed by atoms with Gasteiger partial charge in [0, 0.05) is 58.8 Å². The van der Waals surface area contributed by atoms with Gasteiger partial charge in [0.2, 0.25) is 26.0 Å². The van der Waals surface area contributed by atoms with Gasteiger partial charge in [-0.2, -0.15) is 21.8 Å². The third kappa shape index (κ3) is 9.90. The maximum absolute atomic E-state index is 13.3. The molecule has 0 atom stereocenters. The van der Waals surface area contributed by atoms with Gasteiger partial charge < -0.3 is 20.1 Å². The van der Waals surface area contributed by atoms with Gasteiger partial charge in [-0.3, -0.25) is 4.79 Å². The molecule has 39 heavy (non-hydrogen) atoms. The largest absolute Gasteiger partial charge is 0.497 e. The minimum Gasteiger partial charge on any atom is -0.497 e. The van der Waals surface area contributed by atoms with E-state index in [4.69, 9.17) is 14.6 Å². The molecule has 1 aromatic rings. The molecule has 0 radical (unpaired) electrons. The van der Waals surface area contributed by atoms with Crippen LogP contribution in [0.2, 0.25) is 0 Å². The summed E-state index contributed by atoms with van der Waals surface area (Å²) in [4.78, 5) is 22.6. The van der Waals surface area contributed by atoms with Crippen molar-refractivity contribution in [3.05, 3.63) is 24.3 Å². The summed E-state index contributed by atoms with van der Waals surface area (Å²) >= 11 is 0. The van der Waals surface area contributed by atoms with Gasteiger partial charge in [0.05, 0.1) is 17.8 Å². The Labute approximate surface area is 225 Å². The van der Waals surface area contributed by atoms with Crippen molar-refractivity contribution >= 4 is 31.9 Å². The summed E-state index contributed by atoms with van der Waals surface area (Å²) in [5, 5.41) is 10.2. The molecule has 2 fully saturated rings. The first-order valence-corrected chi connectivity index (χ1v) is 15.1. The smallest absolute Gasteiger partial charge is 0.490 e. The topological polar surface area (TPSA) is 154 Å². The Morgan fingerprint density at radius 1 is 1.08 bits per heavy atom. The molecule has 222 valence electrons. The van der Waals surface area contributed by atoms with Crippen LogP contribution < -0.4 is 10.1 Å². The Morgan fingerprint density at radius 3 is 2.15 bits per heavy atom. The number of sulfonamides is 2. The number of carbonyl (C=O) groups excluding carboxylic acids is 1. The summed E-state index contributed by atoms with van der Waals surface area (Å²) in [6, 6.07) is 6.03. The first-order chi connectivity index (χ1) is 18.2. The van der Waals surface area contributed by atoms with Crippen LogP contribution in [0.25, 0.3) is 0 Å². The molecule has 17 heteroatoms. The SMILES string of the molecule is COc1ccc(S(=O)(=O)N(CCCN2CCCC2=O)CCS(=O)(=O)N2CCNCC2)cc1.O=C(O)C(F)(F)F. The van der Waals surface area contributed by atoms with Crippen LogP contribution in [0.4, 0.5) is 13.2 Å². The minimum absolute atomic E-state index is 0.0788. The molecule has 2 heterocycles. The van der Waals surface area contributed by atoms with Crippen molar-refractivity contribution in [2.24, 2.45) is 0 Å². The lowest BCUT2D eigenvalue weighted by Gasteiger charge is -2.28. The highest BCUT2D eigenvalue weighted by molar-refractivity contribution is 7.90. The first kappa shape index (κ1) is 32.7. The monoisotopic (exact) mass is 602 g/mol. The van der Waals surface area contributed by atoms with Crippen LogP contribution in [-0.2, 0) is 29.6 Å². The number of benzene rings is 1. The number of likely N-dealkylation sites (tertiary alicyclic amines) is 1. The quantitative estimate of drug-likeness (QED) is 0.370. The normalized spacial score (nSPS) is 17.2. The van der Waals surface area contributed by atoms with Crippen molar-refractivity contribution < 1.29 is 49.4 Å². The number of amides is 1. The van der Waals surface area contributed by atoms with E-state index in [1.807, 2.05) is 0 Å². The van der Waals surface area contributed by atoms with Gasteiger partial charge in [0.1, 0.15) is 5.75 Å². The summed E-state index contributed by atoms with van der Waals surface area (Å²) in [7, 11) is -5.99. The molecule has 1 amide bonds. The molecular formula is C22H33F3N4O8S2. The van der Waals surface area contributed by atoms with E-state index >= 15 is 0 Å². The molecule has 2 aliphatic heterocycles. The van der Waals surface area contributed by atoms with Gasteiger partial charge in [0.15, 0.2) is 0 Å². The van der Waals surface area contributed by atoms with Crippen LogP contribution in [0.15, 0.2) is 29.2 Å². The van der Waals surface area contributed by atoms with E-state index in [0.29, 0.717) is 57.9 Å². The summed E-state index contributed by atoms with van der Waals surface area (Å²) < 4.78 is 91.6. The number of nitrogens with zero attached hydrogens (tertiary/aromatic N) is 3. The summed E-state index contributed by atoms with van der Waals surface area (Å²) in [5.74, 6) is -2.43. The number of halogens is 3. The van der Waals surface area contributed by atoms with Gasteiger partial charge in [0.25, 0.3) is 0 Å². The molecule has 0 aromatic heterocycles. The lowest BCUT2D eigenvalue weighted by Crippen LogP contribution is -2.48. The maximum atomic E-state index is 13.3. The van der Waals surface area contributed by atoms with Gasteiger partial charge in [-0.05, 0) is 37.1 Å². The van der Waals surface area contributed by atoms with Crippen molar-refractivity contribution in [2.45, 2.75) is 30.3 Å². The van der Waals surface area contributed by atoms with Crippen LogP contribution in [0.1, 0.15) is 19.3 Å². The number of carbonyl (C=O) groups is 2. The Kier molecular flexibility index (Phi) is 12.0. The van der Waals surface area contributed by atoms with Crippen molar-refractivity contribution in [1.29, 1.82) is 0 Å². The molecule has 2 saturated heterocycles. The van der Waals surface area contributed by atoms with Crippen LogP contribution in [0.5, 0.6) is 5.75 Å². The zero-order valence-corrected chi connectivity index (χ0v) is 23.0. The van der Waals surface area contributed by atoms with Crippen LogP contribution in [-0.4, -0.2) is 119 Å². The second kappa shape index (κ2) is 14.2. The van der Waals surface area contributed by atoms with E-state index in [-0.39, 0.29) is 29.6 Å². The lowest BCUT2D eigenvalue weighted by molar-refractivity contribution is -0.192. The van der Waals surface area contributed by atoms with E-state index in [9.17, 15) is 34.8 Å². The second-order valence-corrected chi connectivity index (χ2v) is 12.7. The summed E-state index contributed by atoms with van der Waals surface area (Å²) in [6.45, 7) is 3.05. The number of piperazine rings is 1. The zero-order valence-electron chi connectivity index (χ0n) is 21.4. The summed E-state index contributed by atoms with van der Waals surface area (Å²) in [5.41, 5.74) is 0. The summed E-state index contributed by atoms with van der Waals surface area (Å²) in [6.07, 6.45) is -3.30. The molecule has 0 aliphatic carbocycles. The number of hydrogen-bond donors (Lipinski definition) is 2. The number of nitrogens with one attached hydrogen (secondary N) is 1. The minimum atomic E-state index is -5.08. The number of methoxy groups -OCH3 is 1. The van der Waals surface area contributed by atoms with Crippen molar-refractivity contribution in [2.75, 3.05) is 65.2 Å². The molecule has 0 spiro atoms. The van der Waals surface area contributed by atoms with Crippen molar-refractivity contribution in [3.8, 4) is 5.75 Å². The Morgan fingerprint density at radius 2 is 1.67 bits per heavy atom. The molecule has 2 N–H and O–H groups in total. The average Bonchev–Trinajstić information content (AvgIpc) is 3.30. The molecule has 12 nitrogen and oxygen atoms in total. The third-order valence-corrected chi connectivity index (χ3v) is 9.78. The van der Waals surface area contributed by atoms with Crippen LogP contribution in [0.3, 0.4) is 0 Å². The van der Waals surface area contributed by atoms with Gasteiger partial charge in [-0.25, -0.2) is 21.6 Å². The van der Waals surface area contributed by atoms with E-state index in [0.717, 1.165) is 6.42 Å². The van der Waals surface area contributed by atoms with E-state index in [1.54, 1.807) is 17.0 Å². The van der Waals surface area contributed by atoms with Gasteiger partial charge >= 0.3 is 12.1 Å². The molecule has 0 bridgehead atoms. The highest BCUT2D eigenvalue weighted by Crippen LogP contribution is 2.21. The van der Waals surface area contributed by atoms with Crippen LogP contribution >= 0.6 is 0 Å². The fourth-order valence-corrected chi connectivity index (χ4v) is 6.94. The number of hydrogen-bond acceptors (Lipinski definition) is 8. The van der Waals surface area contributed by atoms with Gasteiger partial charge in [-0.1, -0.05) is 0 Å². The Hall–Kier alpha value is -2.47. The zero-order chi connectivity index (χ0) is 29.3. The number of carboxylic acid groups (broad SMARTS) is 1. The number of rotatable bonds is 11. The second-order valence-electron chi connectivity index (χ2n) is 8.69. The maximum Gasteiger partial charge on any atom is 0.490 e. The predicted octanol–water partition coefficient (Wildman–Crippen LogP) is 0.567. The Bertz CT molecular complexity index is 1170. The lowest BCUT2D eigenvalue weighted by atomic mass is 10.3. The van der Waals surface area contributed by atoms with Gasteiger partial charge in [-0.15, -0.1) is 0 Å². The fraction of sp³-hybridized carbons (Fsp3) is 0.636. The number of aliphatic carboxylic acids is 1. The average molecular weight is 603 g/mol. The predicted molar refractivity (Wildman–Crippen MR) is 134 cm³/mol. The standard InChI is InChI=1S/C20H32N4O6S2.C2HF3O2/c1-30-18-5-7-19(8-6-18)32(28,29)24(13-3-12-22-11-2-4-20(22)25)16-17-31(26,27)23-14-9-21-10-15-23;3-2(4,5)1(6)7/h5-8,21H,2-4,9-17H2,1H3;(H,6,7). The fourth-order valence-electron chi connectivity index (χ4n) is 3.90. The number of carboxylic acids is 1. The highest BCUT2D eigenvalue weighted by atomic mass is 32.2.